The predicted molar refractivity (Wildman–Crippen MR) is 98.6 cm³/mol. The zero-order valence-corrected chi connectivity index (χ0v) is 15.0. The number of carbonyl (C=O) groups is 2. The first-order valence-corrected chi connectivity index (χ1v) is 8.90. The predicted octanol–water partition coefficient (Wildman–Crippen LogP) is 3.02. The molecule has 0 aliphatic carbocycles. The van der Waals surface area contributed by atoms with E-state index in [0.29, 0.717) is 22.2 Å². The van der Waals surface area contributed by atoms with Gasteiger partial charge in [0.2, 0.25) is 0 Å². The molecule has 1 saturated heterocycles. The lowest BCUT2D eigenvalue weighted by Crippen LogP contribution is -2.37. The molecule has 0 radical (unpaired) electrons. The highest BCUT2D eigenvalue weighted by atomic mass is 19.1. The highest BCUT2D eigenvalue weighted by molar-refractivity contribution is 5.91. The first-order chi connectivity index (χ1) is 13.9. The summed E-state index contributed by atoms with van der Waals surface area (Å²) in [4.78, 5) is 26.1. The number of cyclic esters (lactones) is 1. The van der Waals surface area contributed by atoms with Gasteiger partial charge in [0.15, 0.2) is 6.10 Å². The molecule has 2 heterocycles. The molecule has 1 unspecified atom stereocenters. The molecular formula is C20H16F3N3O3. The van der Waals surface area contributed by atoms with Crippen LogP contribution in [0.5, 0.6) is 0 Å². The number of halogens is 3. The fourth-order valence-electron chi connectivity index (χ4n) is 3.36. The number of aromatic amines is 1. The van der Waals surface area contributed by atoms with Crippen molar-refractivity contribution in [1.29, 1.82) is 0 Å². The Bertz CT molecular complexity index is 1100. The summed E-state index contributed by atoms with van der Waals surface area (Å²) in [6, 6.07) is 7.58. The van der Waals surface area contributed by atoms with E-state index in [9.17, 15) is 22.8 Å². The van der Waals surface area contributed by atoms with E-state index in [1.807, 2.05) is 0 Å². The largest absolute Gasteiger partial charge is 0.434 e. The summed E-state index contributed by atoms with van der Waals surface area (Å²) in [7, 11) is 0. The Morgan fingerprint density at radius 1 is 1.14 bits per heavy atom. The quantitative estimate of drug-likeness (QED) is 0.613. The van der Waals surface area contributed by atoms with E-state index in [4.69, 9.17) is 4.74 Å². The zero-order valence-electron chi connectivity index (χ0n) is 15.0. The van der Waals surface area contributed by atoms with Gasteiger partial charge < -0.3 is 20.4 Å². The Morgan fingerprint density at radius 3 is 2.59 bits per heavy atom. The number of H-pyrrole nitrogens is 1. The fraction of sp³-hybridized carbons (Fsp3) is 0.200. The third-order valence-electron chi connectivity index (χ3n) is 4.71. The minimum Gasteiger partial charge on any atom is -0.434 e. The van der Waals surface area contributed by atoms with Gasteiger partial charge in [0.1, 0.15) is 17.5 Å². The Balaban J connectivity index is 1.62. The van der Waals surface area contributed by atoms with Crippen molar-refractivity contribution in [3.05, 3.63) is 59.4 Å². The third-order valence-corrected chi connectivity index (χ3v) is 4.71. The van der Waals surface area contributed by atoms with Gasteiger partial charge in [-0.25, -0.2) is 18.0 Å². The van der Waals surface area contributed by atoms with Crippen LogP contribution in [0.2, 0.25) is 0 Å². The van der Waals surface area contributed by atoms with Crippen molar-refractivity contribution >= 4 is 22.9 Å². The van der Waals surface area contributed by atoms with Crippen molar-refractivity contribution in [3.8, 4) is 11.3 Å². The minimum absolute atomic E-state index is 0.0784. The number of nitrogens with one attached hydrogen (secondary N) is 3. The second-order valence-electron chi connectivity index (χ2n) is 6.61. The second-order valence-corrected chi connectivity index (χ2v) is 6.61. The van der Waals surface area contributed by atoms with Gasteiger partial charge >= 0.3 is 6.09 Å². The Kier molecular flexibility index (Phi) is 4.87. The molecule has 3 N–H and O–H groups in total. The van der Waals surface area contributed by atoms with Crippen molar-refractivity contribution in [2.75, 3.05) is 13.1 Å². The molecule has 9 heteroatoms. The van der Waals surface area contributed by atoms with Crippen molar-refractivity contribution in [2.45, 2.75) is 12.5 Å². The van der Waals surface area contributed by atoms with E-state index in [1.165, 1.54) is 30.3 Å². The number of rotatable bonds is 5. The molecule has 1 aliphatic heterocycles. The van der Waals surface area contributed by atoms with Crippen LogP contribution >= 0.6 is 0 Å². The van der Waals surface area contributed by atoms with Crippen molar-refractivity contribution in [1.82, 2.24) is 15.6 Å². The lowest BCUT2D eigenvalue weighted by atomic mass is 10.0. The smallest absolute Gasteiger partial charge is 0.408 e. The number of hydrogen-bond acceptors (Lipinski definition) is 3. The molecule has 1 atom stereocenters. The molecule has 150 valence electrons. The summed E-state index contributed by atoms with van der Waals surface area (Å²) < 4.78 is 46.2. The standard InChI is InChI=1S/C20H16F3N3O3/c21-11-3-1-10(2-4-11)17-13(14-7-12(22)8-15(23)18(14)26-17)5-6-24-19(27)16-9-25-20(28)29-16/h1-4,7-8,16,26H,5-6,9H2,(H,24,27)(H,25,28). The average molecular weight is 403 g/mol. The average Bonchev–Trinajstić information content (AvgIpc) is 3.27. The molecule has 1 aromatic heterocycles. The van der Waals surface area contributed by atoms with Crippen LogP contribution in [0.3, 0.4) is 0 Å². The lowest BCUT2D eigenvalue weighted by molar-refractivity contribution is -0.127. The summed E-state index contributed by atoms with van der Waals surface area (Å²) >= 11 is 0. The van der Waals surface area contributed by atoms with Gasteiger partial charge in [0, 0.05) is 23.7 Å². The van der Waals surface area contributed by atoms with Gasteiger partial charge in [-0.3, -0.25) is 4.79 Å². The number of carbonyl (C=O) groups excluding carboxylic acids is 2. The molecule has 3 aromatic rings. The molecule has 29 heavy (non-hydrogen) atoms. The van der Waals surface area contributed by atoms with E-state index in [2.05, 4.69) is 15.6 Å². The number of ether oxygens (including phenoxy) is 1. The van der Waals surface area contributed by atoms with Crippen LogP contribution in [0.4, 0.5) is 18.0 Å². The molecule has 4 rings (SSSR count). The molecule has 2 amide bonds. The van der Waals surface area contributed by atoms with Crippen molar-refractivity contribution < 1.29 is 27.5 Å². The number of amides is 2. The van der Waals surface area contributed by atoms with Crippen LogP contribution in [0.15, 0.2) is 36.4 Å². The third kappa shape index (κ3) is 3.75. The van der Waals surface area contributed by atoms with Crippen LogP contribution < -0.4 is 10.6 Å². The molecule has 1 fully saturated rings. The molecule has 2 aromatic carbocycles. The molecule has 0 saturated carbocycles. The highest BCUT2D eigenvalue weighted by Crippen LogP contribution is 2.32. The second kappa shape index (κ2) is 7.50. The summed E-state index contributed by atoms with van der Waals surface area (Å²) in [6.07, 6.45) is -1.33. The Morgan fingerprint density at radius 2 is 1.90 bits per heavy atom. The van der Waals surface area contributed by atoms with Gasteiger partial charge in [0.05, 0.1) is 12.1 Å². The zero-order chi connectivity index (χ0) is 20.5. The number of hydrogen-bond donors (Lipinski definition) is 3. The van der Waals surface area contributed by atoms with E-state index >= 15 is 0 Å². The maximum Gasteiger partial charge on any atom is 0.408 e. The number of aromatic nitrogens is 1. The molecule has 6 nitrogen and oxygen atoms in total. The van der Waals surface area contributed by atoms with E-state index in [1.54, 1.807) is 0 Å². The fourth-order valence-corrected chi connectivity index (χ4v) is 3.36. The summed E-state index contributed by atoms with van der Waals surface area (Å²) in [5, 5.41) is 5.37. The minimum atomic E-state index is -0.920. The van der Waals surface area contributed by atoms with Crippen LogP contribution in [0.25, 0.3) is 22.2 Å². The number of fused-ring (bicyclic) bond motifs is 1. The Hall–Kier alpha value is -3.49. The summed E-state index contributed by atoms with van der Waals surface area (Å²) in [5.41, 5.74) is 1.80. The van der Waals surface area contributed by atoms with Crippen molar-refractivity contribution in [2.24, 2.45) is 0 Å². The number of alkyl carbamates (subject to hydrolysis) is 1. The Labute approximate surface area is 163 Å². The first-order valence-electron chi connectivity index (χ1n) is 8.90. The highest BCUT2D eigenvalue weighted by Gasteiger charge is 2.29. The van der Waals surface area contributed by atoms with Gasteiger partial charge in [-0.2, -0.15) is 0 Å². The summed E-state index contributed by atoms with van der Waals surface area (Å²) in [6.45, 7) is 0.223. The van der Waals surface area contributed by atoms with Gasteiger partial charge in [0.25, 0.3) is 5.91 Å². The monoisotopic (exact) mass is 403 g/mol. The first kappa shape index (κ1) is 18.9. The van der Waals surface area contributed by atoms with Gasteiger partial charge in [-0.1, -0.05) is 0 Å². The topological polar surface area (TPSA) is 83.2 Å². The van der Waals surface area contributed by atoms with Crippen LogP contribution in [-0.2, 0) is 16.0 Å². The summed E-state index contributed by atoms with van der Waals surface area (Å²) in [5.74, 6) is -2.36. The molecular weight excluding hydrogens is 387 g/mol. The van der Waals surface area contributed by atoms with Crippen LogP contribution in [0, 0.1) is 17.5 Å². The van der Waals surface area contributed by atoms with Crippen LogP contribution in [-0.4, -0.2) is 36.2 Å². The molecule has 0 spiro atoms. The SMILES string of the molecule is O=C1NCC(C(=O)NCCc2c(-c3ccc(F)cc3)[nH]c3c(F)cc(F)cc23)O1. The van der Waals surface area contributed by atoms with Gasteiger partial charge in [-0.05, 0) is 47.9 Å². The number of benzene rings is 2. The maximum absolute atomic E-state index is 14.3. The van der Waals surface area contributed by atoms with Gasteiger partial charge in [-0.15, -0.1) is 0 Å². The van der Waals surface area contributed by atoms with E-state index in [0.717, 1.165) is 6.07 Å². The maximum atomic E-state index is 14.3. The van der Waals surface area contributed by atoms with Crippen molar-refractivity contribution in [3.63, 3.8) is 0 Å². The molecule has 0 bridgehead atoms. The molecule has 1 aliphatic rings. The van der Waals surface area contributed by atoms with Crippen LogP contribution in [0.1, 0.15) is 5.56 Å². The van der Waals surface area contributed by atoms with E-state index in [-0.39, 0.29) is 25.0 Å². The van der Waals surface area contributed by atoms with E-state index < -0.39 is 35.6 Å². The normalized spacial score (nSPS) is 16.0. The lowest BCUT2D eigenvalue weighted by Gasteiger charge is -2.10.